The Hall–Kier alpha value is -1.93. The Morgan fingerprint density at radius 2 is 2.17 bits per heavy atom. The number of nitrogens with zero attached hydrogens (tertiary/aromatic N) is 5. The van der Waals surface area contributed by atoms with Gasteiger partial charge in [0.05, 0.1) is 37.1 Å². The largest absolute Gasteiger partial charge is 0.377 e. The van der Waals surface area contributed by atoms with E-state index in [2.05, 4.69) is 26.2 Å². The zero-order valence-electron chi connectivity index (χ0n) is 14.5. The van der Waals surface area contributed by atoms with Gasteiger partial charge in [0, 0.05) is 53.6 Å². The van der Waals surface area contributed by atoms with Gasteiger partial charge >= 0.3 is 0 Å². The van der Waals surface area contributed by atoms with E-state index in [9.17, 15) is 4.21 Å². The van der Waals surface area contributed by atoms with Gasteiger partial charge < -0.3 is 14.2 Å². The van der Waals surface area contributed by atoms with Gasteiger partial charge in [-0.2, -0.15) is 4.36 Å². The molecule has 0 bridgehead atoms. The number of rotatable bonds is 3. The predicted octanol–water partition coefficient (Wildman–Crippen LogP) is 2.07. The van der Waals surface area contributed by atoms with Crippen molar-refractivity contribution in [2.24, 2.45) is 11.4 Å². The number of ether oxygens (including phenoxy) is 1. The van der Waals surface area contributed by atoms with Crippen LogP contribution in [-0.2, 0) is 21.5 Å². The van der Waals surface area contributed by atoms with Crippen LogP contribution in [0.1, 0.15) is 6.92 Å². The van der Waals surface area contributed by atoms with E-state index in [1.807, 2.05) is 23.7 Å². The lowest BCUT2D eigenvalue weighted by atomic mass is 10.2. The maximum Gasteiger partial charge on any atom is 0.164 e. The number of aromatic nitrogens is 3. The minimum absolute atomic E-state index is 0.265. The molecule has 0 radical (unpaired) electrons. The number of imidazole rings is 1. The van der Waals surface area contributed by atoms with Crippen molar-refractivity contribution in [2.75, 3.05) is 37.2 Å². The predicted molar refractivity (Wildman–Crippen MR) is 96.1 cm³/mol. The Labute approximate surface area is 142 Å². The molecule has 1 saturated heterocycles. The summed E-state index contributed by atoms with van der Waals surface area (Å²) in [5.74, 6) is 0.484. The normalized spacial score (nSPS) is 18.7. The molecule has 0 unspecified atom stereocenters. The van der Waals surface area contributed by atoms with E-state index >= 15 is 0 Å². The highest BCUT2D eigenvalue weighted by molar-refractivity contribution is 7.92. The third kappa shape index (κ3) is 3.76. The summed E-state index contributed by atoms with van der Waals surface area (Å²) in [6, 6.07) is 4.19. The molecule has 24 heavy (non-hydrogen) atoms. The summed E-state index contributed by atoms with van der Waals surface area (Å²) < 4.78 is 23.9. The second kappa shape index (κ2) is 6.52. The third-order valence-electron chi connectivity index (χ3n) is 3.89. The van der Waals surface area contributed by atoms with Crippen LogP contribution in [0.25, 0.3) is 11.4 Å². The Bertz CT molecular complexity index is 846. The first-order chi connectivity index (χ1) is 11.3. The fraction of sp³-hybridized carbons (Fsp3) is 0.500. The fourth-order valence-corrected chi connectivity index (χ4v) is 3.33. The van der Waals surface area contributed by atoms with Crippen LogP contribution in [0.4, 0.5) is 11.5 Å². The zero-order valence-corrected chi connectivity index (χ0v) is 15.3. The lowest BCUT2D eigenvalue weighted by molar-refractivity contribution is 0.0989. The summed E-state index contributed by atoms with van der Waals surface area (Å²) in [6.45, 7) is 4.32. The Kier molecular flexibility index (Phi) is 4.60. The van der Waals surface area contributed by atoms with E-state index in [1.54, 1.807) is 25.0 Å². The number of hydrogen-bond acceptors (Lipinski definition) is 6. The molecule has 0 spiro atoms. The van der Waals surface area contributed by atoms with E-state index in [-0.39, 0.29) is 6.04 Å². The van der Waals surface area contributed by atoms with E-state index in [1.165, 1.54) is 0 Å². The molecule has 1 fully saturated rings. The number of anilines is 1. The van der Waals surface area contributed by atoms with E-state index in [0.29, 0.717) is 19.0 Å². The molecule has 3 rings (SSSR count). The number of morpholine rings is 1. The smallest absolute Gasteiger partial charge is 0.164 e. The van der Waals surface area contributed by atoms with E-state index in [4.69, 9.17) is 4.74 Å². The number of aryl methyl sites for hydroxylation is 1. The fourth-order valence-electron chi connectivity index (χ4n) is 2.79. The molecule has 0 aliphatic carbocycles. The number of pyridine rings is 1. The first kappa shape index (κ1) is 16.9. The molecular formula is C16H23N5O2S. The highest BCUT2D eigenvalue weighted by Crippen LogP contribution is 2.29. The zero-order chi connectivity index (χ0) is 17.3. The van der Waals surface area contributed by atoms with Gasteiger partial charge in [-0.25, -0.2) is 14.2 Å². The molecule has 2 aromatic heterocycles. The molecule has 8 heteroatoms. The molecule has 7 nitrogen and oxygen atoms in total. The molecule has 1 atom stereocenters. The summed E-state index contributed by atoms with van der Waals surface area (Å²) in [5.41, 5.74) is 2.68. The van der Waals surface area contributed by atoms with Crippen molar-refractivity contribution in [3.63, 3.8) is 0 Å². The Morgan fingerprint density at radius 1 is 1.38 bits per heavy atom. The van der Waals surface area contributed by atoms with Crippen LogP contribution in [-0.4, -0.2) is 57.1 Å². The molecule has 0 amide bonds. The second-order valence-corrected chi connectivity index (χ2v) is 8.89. The van der Waals surface area contributed by atoms with Gasteiger partial charge in [0.1, 0.15) is 0 Å². The average molecular weight is 349 g/mol. The van der Waals surface area contributed by atoms with Gasteiger partial charge in [-0.15, -0.1) is 0 Å². The highest BCUT2D eigenvalue weighted by Gasteiger charge is 2.21. The van der Waals surface area contributed by atoms with Gasteiger partial charge in [-0.3, -0.25) is 0 Å². The van der Waals surface area contributed by atoms with Gasteiger partial charge in [0.25, 0.3) is 0 Å². The van der Waals surface area contributed by atoms with Crippen LogP contribution in [0.2, 0.25) is 0 Å². The van der Waals surface area contributed by atoms with Crippen molar-refractivity contribution >= 4 is 21.2 Å². The topological polar surface area (TPSA) is 72.6 Å². The Balaban J connectivity index is 2.13. The lowest BCUT2D eigenvalue weighted by Gasteiger charge is -2.35. The first-order valence-electron chi connectivity index (χ1n) is 7.84. The monoisotopic (exact) mass is 349 g/mol. The average Bonchev–Trinajstić information content (AvgIpc) is 2.92. The minimum Gasteiger partial charge on any atom is -0.377 e. The molecule has 2 aromatic rings. The van der Waals surface area contributed by atoms with Crippen LogP contribution in [0.15, 0.2) is 29.0 Å². The maximum atomic E-state index is 12.1. The molecule has 0 N–H and O–H groups in total. The quantitative estimate of drug-likeness (QED) is 0.848. The molecule has 1 aliphatic heterocycles. The van der Waals surface area contributed by atoms with Gasteiger partial charge in [-0.1, -0.05) is 0 Å². The summed E-state index contributed by atoms with van der Waals surface area (Å²) in [7, 11) is -0.363. The summed E-state index contributed by atoms with van der Waals surface area (Å²) in [6.07, 6.45) is 6.74. The van der Waals surface area contributed by atoms with Crippen molar-refractivity contribution in [3.8, 4) is 11.4 Å². The lowest BCUT2D eigenvalue weighted by Crippen LogP contribution is -2.43. The molecular weight excluding hydrogens is 326 g/mol. The van der Waals surface area contributed by atoms with Gasteiger partial charge in [0.2, 0.25) is 0 Å². The molecule has 0 aromatic carbocycles. The van der Waals surface area contributed by atoms with Crippen LogP contribution in [0.5, 0.6) is 0 Å². The van der Waals surface area contributed by atoms with Gasteiger partial charge in [0.15, 0.2) is 5.82 Å². The van der Waals surface area contributed by atoms with Crippen LogP contribution < -0.4 is 4.90 Å². The van der Waals surface area contributed by atoms with Gasteiger partial charge in [-0.05, 0) is 13.0 Å². The summed E-state index contributed by atoms with van der Waals surface area (Å²) in [4.78, 5) is 11.0. The van der Waals surface area contributed by atoms with E-state index in [0.717, 1.165) is 23.6 Å². The minimum atomic E-state index is -2.29. The number of hydrogen-bond donors (Lipinski definition) is 0. The SMILES string of the molecule is C[C@@H]1COCCN1c1cc(N=S(C)(C)=O)nc(-c2cncn2C)c1. The van der Waals surface area contributed by atoms with Crippen molar-refractivity contribution in [2.45, 2.75) is 13.0 Å². The molecule has 0 saturated carbocycles. The summed E-state index contributed by atoms with van der Waals surface area (Å²) >= 11 is 0. The van der Waals surface area contributed by atoms with Crippen molar-refractivity contribution < 1.29 is 8.95 Å². The molecule has 1 aliphatic rings. The standard InChI is InChI=1S/C16H23N5O2S/c1-12-10-23-6-5-21(12)13-7-14(15-9-17-11-20(15)2)18-16(8-13)19-24(3,4)22/h7-9,11-12H,5-6,10H2,1-4H3/t12-/m1/s1. The second-order valence-electron chi connectivity index (χ2n) is 6.35. The highest BCUT2D eigenvalue weighted by atomic mass is 32.2. The van der Waals surface area contributed by atoms with Crippen LogP contribution >= 0.6 is 0 Å². The van der Waals surface area contributed by atoms with Crippen LogP contribution in [0.3, 0.4) is 0 Å². The molecule has 3 heterocycles. The third-order valence-corrected chi connectivity index (χ3v) is 4.52. The van der Waals surface area contributed by atoms with Crippen LogP contribution in [0, 0.1) is 0 Å². The van der Waals surface area contributed by atoms with Crippen molar-refractivity contribution in [3.05, 3.63) is 24.7 Å². The van der Waals surface area contributed by atoms with Crippen molar-refractivity contribution in [1.82, 2.24) is 14.5 Å². The molecule has 130 valence electrons. The Morgan fingerprint density at radius 3 is 2.79 bits per heavy atom. The maximum absolute atomic E-state index is 12.1. The van der Waals surface area contributed by atoms with E-state index < -0.39 is 9.73 Å². The summed E-state index contributed by atoms with van der Waals surface area (Å²) in [5, 5.41) is 0. The first-order valence-corrected chi connectivity index (χ1v) is 10.2. The van der Waals surface area contributed by atoms with Crippen molar-refractivity contribution in [1.29, 1.82) is 0 Å².